The number of methoxy groups -OCH3 is 1. The molecular formula is C23H22N4O3. The summed E-state index contributed by atoms with van der Waals surface area (Å²) >= 11 is 0. The zero-order valence-corrected chi connectivity index (χ0v) is 16.9. The molecule has 0 aliphatic heterocycles. The van der Waals surface area contributed by atoms with Crippen molar-refractivity contribution >= 4 is 22.7 Å². The lowest BCUT2D eigenvalue weighted by Gasteiger charge is -2.11. The highest BCUT2D eigenvalue weighted by Crippen LogP contribution is 2.24. The zero-order chi connectivity index (χ0) is 21.3. The molecule has 30 heavy (non-hydrogen) atoms. The van der Waals surface area contributed by atoms with Crippen molar-refractivity contribution in [2.75, 3.05) is 7.11 Å². The first-order chi connectivity index (χ1) is 14.5. The lowest BCUT2D eigenvalue weighted by Crippen LogP contribution is -2.41. The highest BCUT2D eigenvalue weighted by atomic mass is 16.5. The summed E-state index contributed by atoms with van der Waals surface area (Å²) in [5.41, 5.74) is 9.38. The quantitative estimate of drug-likeness (QED) is 0.455. The summed E-state index contributed by atoms with van der Waals surface area (Å²) in [6.45, 7) is 3.79. The van der Waals surface area contributed by atoms with Crippen molar-refractivity contribution in [2.24, 2.45) is 0 Å². The van der Waals surface area contributed by atoms with Gasteiger partial charge in [-0.15, -0.1) is 0 Å². The predicted octanol–water partition coefficient (Wildman–Crippen LogP) is 3.66. The summed E-state index contributed by atoms with van der Waals surface area (Å²) in [6, 6.07) is 16.9. The molecule has 0 spiro atoms. The highest BCUT2D eigenvalue weighted by molar-refractivity contribution is 6.07. The summed E-state index contributed by atoms with van der Waals surface area (Å²) in [4.78, 5) is 28.3. The van der Waals surface area contributed by atoms with E-state index in [1.165, 1.54) is 0 Å². The molecule has 0 atom stereocenters. The third-order valence-corrected chi connectivity index (χ3v) is 5.11. The van der Waals surface area contributed by atoms with Gasteiger partial charge < -0.3 is 14.3 Å². The van der Waals surface area contributed by atoms with Gasteiger partial charge in [0, 0.05) is 40.2 Å². The monoisotopic (exact) mass is 402 g/mol. The summed E-state index contributed by atoms with van der Waals surface area (Å²) < 4.78 is 7.27. The van der Waals surface area contributed by atoms with Crippen molar-refractivity contribution in [3.8, 4) is 11.4 Å². The average molecular weight is 402 g/mol. The fraction of sp³-hybridized carbons (Fsp3) is 0.130. The Morgan fingerprint density at radius 1 is 0.933 bits per heavy atom. The molecule has 0 bridgehead atoms. The van der Waals surface area contributed by atoms with E-state index in [4.69, 9.17) is 4.74 Å². The van der Waals surface area contributed by atoms with E-state index >= 15 is 0 Å². The van der Waals surface area contributed by atoms with Crippen LogP contribution in [0.3, 0.4) is 0 Å². The topological polar surface area (TPSA) is 88.2 Å². The standard InChI is InChI=1S/C23H22N4O3/c1-14-11-19(15(2)27(14)16-7-6-8-17(12-16)30-3)22(28)25-26-23(29)20-13-24-21-10-5-4-9-18(20)21/h4-13,24H,1-3H3,(H,25,28)(H,26,29). The first-order valence-corrected chi connectivity index (χ1v) is 9.49. The molecule has 0 aliphatic rings. The minimum atomic E-state index is -0.387. The molecule has 0 saturated heterocycles. The van der Waals surface area contributed by atoms with Crippen LogP contribution in [0, 0.1) is 13.8 Å². The average Bonchev–Trinajstić information content (AvgIpc) is 3.32. The third-order valence-electron chi connectivity index (χ3n) is 5.11. The van der Waals surface area contributed by atoms with Gasteiger partial charge in [0.1, 0.15) is 5.75 Å². The van der Waals surface area contributed by atoms with E-state index in [9.17, 15) is 9.59 Å². The van der Waals surface area contributed by atoms with Crippen LogP contribution >= 0.6 is 0 Å². The minimum absolute atomic E-state index is 0.384. The van der Waals surface area contributed by atoms with Crippen LogP contribution < -0.4 is 15.6 Å². The number of aromatic amines is 1. The van der Waals surface area contributed by atoms with Crippen LogP contribution in [0.2, 0.25) is 0 Å². The minimum Gasteiger partial charge on any atom is -0.497 e. The van der Waals surface area contributed by atoms with E-state index in [0.29, 0.717) is 11.1 Å². The van der Waals surface area contributed by atoms with Crippen LogP contribution in [0.15, 0.2) is 60.8 Å². The molecule has 0 radical (unpaired) electrons. The Balaban J connectivity index is 1.53. The van der Waals surface area contributed by atoms with Gasteiger partial charge in [-0.1, -0.05) is 24.3 Å². The van der Waals surface area contributed by atoms with Crippen LogP contribution in [0.5, 0.6) is 5.75 Å². The summed E-state index contributed by atoms with van der Waals surface area (Å²) in [7, 11) is 1.61. The first-order valence-electron chi connectivity index (χ1n) is 9.49. The number of fused-ring (bicyclic) bond motifs is 1. The van der Waals surface area contributed by atoms with E-state index in [1.54, 1.807) is 19.4 Å². The van der Waals surface area contributed by atoms with Gasteiger partial charge in [-0.2, -0.15) is 0 Å². The number of amides is 2. The fourth-order valence-corrected chi connectivity index (χ4v) is 3.65. The molecule has 4 rings (SSSR count). The number of H-pyrrole nitrogens is 1. The van der Waals surface area contributed by atoms with E-state index in [1.807, 2.05) is 66.9 Å². The molecule has 7 nitrogen and oxygen atoms in total. The maximum atomic E-state index is 12.8. The third kappa shape index (κ3) is 3.41. The summed E-state index contributed by atoms with van der Waals surface area (Å²) in [5.74, 6) is -0.0372. The molecule has 0 unspecified atom stereocenters. The Morgan fingerprint density at radius 3 is 2.43 bits per heavy atom. The number of rotatable bonds is 4. The van der Waals surface area contributed by atoms with E-state index in [0.717, 1.165) is 33.7 Å². The number of hydrogen-bond donors (Lipinski definition) is 3. The van der Waals surface area contributed by atoms with Crippen LogP contribution in [-0.2, 0) is 0 Å². The van der Waals surface area contributed by atoms with Crippen LogP contribution in [0.4, 0.5) is 0 Å². The molecule has 3 N–H and O–H groups in total. The normalized spacial score (nSPS) is 10.8. The van der Waals surface area contributed by atoms with E-state index in [2.05, 4.69) is 15.8 Å². The first kappa shape index (κ1) is 19.3. The van der Waals surface area contributed by atoms with E-state index < -0.39 is 0 Å². The molecule has 2 aromatic carbocycles. The van der Waals surface area contributed by atoms with Crippen LogP contribution in [-0.4, -0.2) is 28.5 Å². The number of ether oxygens (including phenoxy) is 1. The zero-order valence-electron chi connectivity index (χ0n) is 16.9. The molecule has 152 valence electrons. The van der Waals surface area contributed by atoms with Crippen molar-refractivity contribution < 1.29 is 14.3 Å². The SMILES string of the molecule is COc1cccc(-n2c(C)cc(C(=O)NNC(=O)c3c[nH]c4ccccc34)c2C)c1. The summed E-state index contributed by atoms with van der Waals surface area (Å²) in [6.07, 6.45) is 1.63. The molecule has 0 aliphatic carbocycles. The maximum Gasteiger partial charge on any atom is 0.271 e. The van der Waals surface area contributed by atoms with Crippen molar-refractivity contribution in [3.05, 3.63) is 83.3 Å². The number of aryl methyl sites for hydroxylation is 1. The van der Waals surface area contributed by atoms with Crippen LogP contribution in [0.25, 0.3) is 16.6 Å². The molecule has 2 heterocycles. The van der Waals surface area contributed by atoms with Gasteiger partial charge in [-0.3, -0.25) is 20.4 Å². The largest absolute Gasteiger partial charge is 0.497 e. The number of carbonyl (C=O) groups excluding carboxylic acids is 2. The molecule has 2 aromatic heterocycles. The van der Waals surface area contributed by atoms with Crippen molar-refractivity contribution in [3.63, 3.8) is 0 Å². The number of benzene rings is 2. The fourth-order valence-electron chi connectivity index (χ4n) is 3.65. The number of para-hydroxylation sites is 1. The Bertz CT molecular complexity index is 1250. The van der Waals surface area contributed by atoms with Crippen molar-refractivity contribution in [1.82, 2.24) is 20.4 Å². The van der Waals surface area contributed by atoms with Crippen molar-refractivity contribution in [1.29, 1.82) is 0 Å². The molecule has 4 aromatic rings. The molecule has 0 fully saturated rings. The lowest BCUT2D eigenvalue weighted by atomic mass is 10.2. The Labute approximate surface area is 173 Å². The van der Waals surface area contributed by atoms with Crippen molar-refractivity contribution in [2.45, 2.75) is 13.8 Å². The van der Waals surface area contributed by atoms with Crippen LogP contribution in [0.1, 0.15) is 32.1 Å². The van der Waals surface area contributed by atoms with Gasteiger partial charge in [0.05, 0.1) is 18.2 Å². The maximum absolute atomic E-state index is 12.8. The molecule has 2 amide bonds. The van der Waals surface area contributed by atoms with Gasteiger partial charge in [-0.25, -0.2) is 0 Å². The molecular weight excluding hydrogens is 380 g/mol. The van der Waals surface area contributed by atoms with Gasteiger partial charge in [0.2, 0.25) is 0 Å². The van der Waals surface area contributed by atoms with E-state index in [-0.39, 0.29) is 11.8 Å². The number of nitrogens with one attached hydrogen (secondary N) is 3. The second kappa shape index (κ2) is 7.79. The highest BCUT2D eigenvalue weighted by Gasteiger charge is 2.18. The Morgan fingerprint density at radius 2 is 1.67 bits per heavy atom. The van der Waals surface area contributed by atoms with Gasteiger partial charge in [-0.05, 0) is 38.1 Å². The van der Waals surface area contributed by atoms with Gasteiger partial charge in [0.25, 0.3) is 11.8 Å². The number of aromatic nitrogens is 2. The van der Waals surface area contributed by atoms with Gasteiger partial charge >= 0.3 is 0 Å². The molecule has 0 saturated carbocycles. The summed E-state index contributed by atoms with van der Waals surface area (Å²) in [5, 5.41) is 0.792. The number of nitrogens with zero attached hydrogens (tertiary/aromatic N) is 1. The number of hydrazine groups is 1. The smallest absolute Gasteiger partial charge is 0.271 e. The van der Waals surface area contributed by atoms with Gasteiger partial charge in [0.15, 0.2) is 0 Å². The predicted molar refractivity (Wildman–Crippen MR) is 115 cm³/mol. The number of carbonyl (C=O) groups is 2. The number of hydrogen-bond acceptors (Lipinski definition) is 3. The molecule has 7 heteroatoms. The second-order valence-electron chi connectivity index (χ2n) is 6.98. The Kier molecular flexibility index (Phi) is 5.02. The lowest BCUT2D eigenvalue weighted by molar-refractivity contribution is 0.0847. The second-order valence-corrected chi connectivity index (χ2v) is 6.98. The Hall–Kier alpha value is -4.00.